The van der Waals surface area contributed by atoms with Crippen molar-refractivity contribution in [1.29, 1.82) is 0 Å². The summed E-state index contributed by atoms with van der Waals surface area (Å²) >= 11 is 6.13. The molecule has 0 spiro atoms. The molecule has 3 rings (SSSR count). The predicted molar refractivity (Wildman–Crippen MR) is 77.2 cm³/mol. The molecule has 3 aromatic rings. The van der Waals surface area contributed by atoms with Crippen molar-refractivity contribution in [2.45, 2.75) is 0 Å². The number of hydrogen-bond acceptors (Lipinski definition) is 3. The Hall–Kier alpha value is -2.46. The van der Waals surface area contributed by atoms with Crippen LogP contribution in [0.2, 0.25) is 5.02 Å². The number of para-hydroxylation sites is 1. The number of carbonyl (C=O) groups is 1. The largest absolute Gasteiger partial charge is 0.298 e. The van der Waals surface area contributed by atoms with Gasteiger partial charge in [0.2, 0.25) is 0 Å². The lowest BCUT2D eigenvalue weighted by Gasteiger charge is -2.01. The SMILES string of the molecule is O=Cc1ccc(-c2cn(-c3ccccc3Cl)nn2)cc1. The molecule has 98 valence electrons. The van der Waals surface area contributed by atoms with Crippen LogP contribution in [0.4, 0.5) is 0 Å². The van der Waals surface area contributed by atoms with Crippen molar-refractivity contribution in [1.82, 2.24) is 15.0 Å². The van der Waals surface area contributed by atoms with Crippen molar-refractivity contribution in [3.05, 3.63) is 65.3 Å². The third-order valence-electron chi connectivity index (χ3n) is 2.94. The quantitative estimate of drug-likeness (QED) is 0.692. The minimum absolute atomic E-state index is 0.611. The highest BCUT2D eigenvalue weighted by Gasteiger charge is 2.07. The van der Waals surface area contributed by atoms with Crippen LogP contribution in [0.15, 0.2) is 54.7 Å². The van der Waals surface area contributed by atoms with Crippen LogP contribution in [-0.4, -0.2) is 21.3 Å². The van der Waals surface area contributed by atoms with Crippen LogP contribution in [0.5, 0.6) is 0 Å². The number of halogens is 1. The first-order valence-electron chi connectivity index (χ1n) is 6.01. The first-order chi connectivity index (χ1) is 9.78. The lowest BCUT2D eigenvalue weighted by atomic mass is 10.1. The van der Waals surface area contributed by atoms with Gasteiger partial charge in [-0.3, -0.25) is 4.79 Å². The number of rotatable bonds is 3. The Morgan fingerprint density at radius 2 is 1.80 bits per heavy atom. The molecule has 0 unspecified atom stereocenters. The van der Waals surface area contributed by atoms with E-state index in [9.17, 15) is 4.79 Å². The smallest absolute Gasteiger partial charge is 0.150 e. The molecule has 0 bridgehead atoms. The zero-order valence-corrected chi connectivity index (χ0v) is 11.2. The summed E-state index contributed by atoms with van der Waals surface area (Å²) in [6, 6.07) is 14.6. The number of carbonyl (C=O) groups excluding carboxylic acids is 1. The zero-order valence-electron chi connectivity index (χ0n) is 10.4. The average Bonchev–Trinajstić information content (AvgIpc) is 2.97. The van der Waals surface area contributed by atoms with Gasteiger partial charge in [0.05, 0.1) is 16.9 Å². The van der Waals surface area contributed by atoms with Crippen LogP contribution in [-0.2, 0) is 0 Å². The molecule has 1 heterocycles. The van der Waals surface area contributed by atoms with Gasteiger partial charge in [-0.1, -0.05) is 53.2 Å². The number of nitrogens with zero attached hydrogens (tertiary/aromatic N) is 3. The van der Waals surface area contributed by atoms with Crippen LogP contribution in [0.1, 0.15) is 10.4 Å². The van der Waals surface area contributed by atoms with E-state index >= 15 is 0 Å². The highest BCUT2D eigenvalue weighted by Crippen LogP contribution is 2.22. The molecule has 0 radical (unpaired) electrons. The van der Waals surface area contributed by atoms with E-state index in [0.29, 0.717) is 10.6 Å². The zero-order chi connectivity index (χ0) is 13.9. The van der Waals surface area contributed by atoms with Gasteiger partial charge in [-0.05, 0) is 12.1 Å². The van der Waals surface area contributed by atoms with E-state index < -0.39 is 0 Å². The fraction of sp³-hybridized carbons (Fsp3) is 0. The van der Waals surface area contributed by atoms with Gasteiger partial charge in [0.1, 0.15) is 12.0 Å². The normalized spacial score (nSPS) is 10.4. The molecule has 0 saturated heterocycles. The van der Waals surface area contributed by atoms with Gasteiger partial charge in [0.25, 0.3) is 0 Å². The molecule has 0 saturated carbocycles. The average molecular weight is 284 g/mol. The Kier molecular flexibility index (Phi) is 3.31. The molecular weight excluding hydrogens is 274 g/mol. The van der Waals surface area contributed by atoms with Crippen LogP contribution >= 0.6 is 11.6 Å². The maximum absolute atomic E-state index is 10.6. The molecule has 0 aliphatic rings. The van der Waals surface area contributed by atoms with Gasteiger partial charge in [-0.2, -0.15) is 0 Å². The minimum atomic E-state index is 0.611. The molecule has 5 heteroatoms. The number of hydrogen-bond donors (Lipinski definition) is 0. The summed E-state index contributed by atoms with van der Waals surface area (Å²) in [6.07, 6.45) is 2.61. The van der Waals surface area contributed by atoms with Crippen molar-refractivity contribution >= 4 is 17.9 Å². The van der Waals surface area contributed by atoms with Gasteiger partial charge in [-0.15, -0.1) is 5.10 Å². The molecule has 0 aliphatic heterocycles. The molecule has 0 amide bonds. The van der Waals surface area contributed by atoms with E-state index in [2.05, 4.69) is 10.3 Å². The number of benzene rings is 2. The summed E-state index contributed by atoms with van der Waals surface area (Å²) in [6.45, 7) is 0. The lowest BCUT2D eigenvalue weighted by molar-refractivity contribution is 0.112. The lowest BCUT2D eigenvalue weighted by Crippen LogP contribution is -1.95. The van der Waals surface area contributed by atoms with Gasteiger partial charge in [-0.25, -0.2) is 4.68 Å². The first-order valence-corrected chi connectivity index (χ1v) is 6.38. The standard InChI is InChI=1S/C15H10ClN3O/c16-13-3-1-2-4-15(13)19-9-14(17-18-19)12-7-5-11(10-20)6-8-12/h1-10H. The molecule has 0 N–H and O–H groups in total. The fourth-order valence-electron chi connectivity index (χ4n) is 1.88. The second-order valence-corrected chi connectivity index (χ2v) is 4.65. The maximum atomic E-state index is 10.6. The maximum Gasteiger partial charge on any atom is 0.150 e. The molecule has 4 nitrogen and oxygen atoms in total. The van der Waals surface area contributed by atoms with Crippen LogP contribution in [0, 0.1) is 0 Å². The van der Waals surface area contributed by atoms with Crippen LogP contribution in [0.25, 0.3) is 16.9 Å². The summed E-state index contributed by atoms with van der Waals surface area (Å²) in [4.78, 5) is 10.6. The summed E-state index contributed by atoms with van der Waals surface area (Å²) in [5, 5.41) is 8.82. The monoisotopic (exact) mass is 283 g/mol. The molecule has 2 aromatic carbocycles. The molecule has 0 aliphatic carbocycles. The van der Waals surface area contributed by atoms with E-state index in [1.54, 1.807) is 29.1 Å². The van der Waals surface area contributed by atoms with Crippen molar-refractivity contribution in [3.8, 4) is 16.9 Å². The van der Waals surface area contributed by atoms with Crippen molar-refractivity contribution in [2.75, 3.05) is 0 Å². The topological polar surface area (TPSA) is 47.8 Å². The third kappa shape index (κ3) is 2.33. The Balaban J connectivity index is 1.97. The van der Waals surface area contributed by atoms with Gasteiger partial charge in [0.15, 0.2) is 0 Å². The summed E-state index contributed by atoms with van der Waals surface area (Å²) < 4.78 is 1.63. The molecule has 0 atom stereocenters. The number of aromatic nitrogens is 3. The highest BCUT2D eigenvalue weighted by molar-refractivity contribution is 6.32. The van der Waals surface area contributed by atoms with Crippen LogP contribution in [0.3, 0.4) is 0 Å². The van der Waals surface area contributed by atoms with Crippen molar-refractivity contribution < 1.29 is 4.79 Å². The van der Waals surface area contributed by atoms with Gasteiger partial charge < -0.3 is 0 Å². The third-order valence-corrected chi connectivity index (χ3v) is 3.25. The first kappa shape index (κ1) is 12.6. The highest BCUT2D eigenvalue weighted by atomic mass is 35.5. The van der Waals surface area contributed by atoms with E-state index in [1.165, 1.54) is 0 Å². The fourth-order valence-corrected chi connectivity index (χ4v) is 2.11. The van der Waals surface area contributed by atoms with Crippen LogP contribution < -0.4 is 0 Å². The molecular formula is C15H10ClN3O. The number of aldehydes is 1. The van der Waals surface area contributed by atoms with E-state index in [4.69, 9.17) is 11.6 Å². The molecule has 1 aromatic heterocycles. The Morgan fingerprint density at radius 3 is 2.50 bits per heavy atom. The Bertz CT molecular complexity index is 750. The second kappa shape index (κ2) is 5.27. The van der Waals surface area contributed by atoms with Crippen molar-refractivity contribution in [3.63, 3.8) is 0 Å². The minimum Gasteiger partial charge on any atom is -0.298 e. The van der Waals surface area contributed by atoms with Gasteiger partial charge >= 0.3 is 0 Å². The van der Waals surface area contributed by atoms with E-state index in [0.717, 1.165) is 23.2 Å². The Morgan fingerprint density at radius 1 is 1.05 bits per heavy atom. The Labute approximate surface area is 120 Å². The summed E-state index contributed by atoms with van der Waals surface area (Å²) in [5.74, 6) is 0. The predicted octanol–water partition coefficient (Wildman–Crippen LogP) is 3.40. The van der Waals surface area contributed by atoms with Crippen molar-refractivity contribution in [2.24, 2.45) is 0 Å². The van der Waals surface area contributed by atoms with E-state index in [-0.39, 0.29) is 0 Å². The van der Waals surface area contributed by atoms with Gasteiger partial charge in [0, 0.05) is 11.1 Å². The second-order valence-electron chi connectivity index (χ2n) is 4.24. The van der Waals surface area contributed by atoms with E-state index in [1.807, 2.05) is 30.3 Å². The summed E-state index contributed by atoms with van der Waals surface area (Å²) in [7, 11) is 0. The summed E-state index contributed by atoms with van der Waals surface area (Å²) in [5.41, 5.74) is 3.03. The molecule has 20 heavy (non-hydrogen) atoms. The molecule has 0 fully saturated rings.